The Labute approximate surface area is 120 Å². The maximum absolute atomic E-state index is 8.81. The van der Waals surface area contributed by atoms with Crippen LogP contribution in [0.3, 0.4) is 0 Å². The number of likely N-dealkylation sites (tertiary alicyclic amines) is 1. The third-order valence-corrected chi connectivity index (χ3v) is 3.63. The number of hydrogen-bond acceptors (Lipinski definition) is 4. The Morgan fingerprint density at radius 2 is 2.10 bits per heavy atom. The Bertz CT molecular complexity index is 468. The second-order valence-corrected chi connectivity index (χ2v) is 5.24. The highest BCUT2D eigenvalue weighted by Gasteiger charge is 2.12. The van der Waals surface area contributed by atoms with E-state index in [4.69, 9.17) is 15.7 Å². The molecule has 0 radical (unpaired) electrons. The van der Waals surface area contributed by atoms with Crippen molar-refractivity contribution in [1.82, 2.24) is 4.90 Å². The van der Waals surface area contributed by atoms with Crippen molar-refractivity contribution in [2.75, 3.05) is 26.2 Å². The van der Waals surface area contributed by atoms with Gasteiger partial charge in [0.25, 0.3) is 0 Å². The van der Waals surface area contributed by atoms with Crippen LogP contribution in [0.15, 0.2) is 23.4 Å². The van der Waals surface area contributed by atoms with Crippen LogP contribution >= 0.6 is 0 Å². The lowest BCUT2D eigenvalue weighted by molar-refractivity contribution is 0.183. The Morgan fingerprint density at radius 3 is 2.80 bits per heavy atom. The smallest absolute Gasteiger partial charge is 0.173 e. The maximum Gasteiger partial charge on any atom is 0.173 e. The molecule has 0 aromatic heterocycles. The van der Waals surface area contributed by atoms with Crippen LogP contribution in [0.4, 0.5) is 0 Å². The zero-order valence-corrected chi connectivity index (χ0v) is 12.0. The third-order valence-electron chi connectivity index (χ3n) is 3.63. The quantitative estimate of drug-likeness (QED) is 0.373. The average Bonchev–Trinajstić information content (AvgIpc) is 2.48. The molecule has 1 aromatic carbocycles. The number of amidine groups is 1. The van der Waals surface area contributed by atoms with Gasteiger partial charge in [0.2, 0.25) is 0 Å². The van der Waals surface area contributed by atoms with Gasteiger partial charge in [0, 0.05) is 6.54 Å². The molecule has 1 saturated heterocycles. The van der Waals surface area contributed by atoms with Gasteiger partial charge in [-0.2, -0.15) is 0 Å². The fourth-order valence-electron chi connectivity index (χ4n) is 2.48. The first-order chi connectivity index (χ1) is 9.70. The van der Waals surface area contributed by atoms with Gasteiger partial charge in [-0.05, 0) is 50.6 Å². The largest absolute Gasteiger partial charge is 0.491 e. The molecular weight excluding hydrogens is 254 g/mol. The normalized spacial score (nSPS) is 17.1. The van der Waals surface area contributed by atoms with Crippen molar-refractivity contribution >= 4 is 5.84 Å². The molecule has 1 aromatic rings. The number of nitrogens with zero attached hydrogens (tertiary/aromatic N) is 2. The minimum atomic E-state index is 0.0815. The van der Waals surface area contributed by atoms with Gasteiger partial charge < -0.3 is 15.7 Å². The van der Waals surface area contributed by atoms with Crippen LogP contribution in [0.2, 0.25) is 0 Å². The van der Waals surface area contributed by atoms with Crippen molar-refractivity contribution in [3.05, 3.63) is 29.3 Å². The summed E-state index contributed by atoms with van der Waals surface area (Å²) in [4.78, 5) is 2.42. The molecule has 0 aliphatic carbocycles. The van der Waals surface area contributed by atoms with Gasteiger partial charge in [-0.3, -0.25) is 4.90 Å². The van der Waals surface area contributed by atoms with Crippen LogP contribution in [0.25, 0.3) is 0 Å². The van der Waals surface area contributed by atoms with Crippen LogP contribution in [0.5, 0.6) is 5.75 Å². The Balaban J connectivity index is 1.95. The highest BCUT2D eigenvalue weighted by atomic mass is 16.5. The molecule has 1 fully saturated rings. The van der Waals surface area contributed by atoms with E-state index in [1.54, 1.807) is 0 Å². The van der Waals surface area contributed by atoms with Gasteiger partial charge >= 0.3 is 0 Å². The van der Waals surface area contributed by atoms with E-state index in [1.807, 2.05) is 25.1 Å². The molecule has 5 heteroatoms. The van der Waals surface area contributed by atoms with E-state index in [0.717, 1.165) is 25.2 Å². The van der Waals surface area contributed by atoms with Crippen molar-refractivity contribution in [2.45, 2.75) is 26.2 Å². The highest BCUT2D eigenvalue weighted by molar-refractivity contribution is 5.99. The number of piperidine rings is 1. The molecule has 110 valence electrons. The fourth-order valence-corrected chi connectivity index (χ4v) is 2.48. The van der Waals surface area contributed by atoms with Crippen LogP contribution in [-0.2, 0) is 0 Å². The summed E-state index contributed by atoms with van der Waals surface area (Å²) in [5, 5.41) is 11.9. The van der Waals surface area contributed by atoms with Gasteiger partial charge in [0.1, 0.15) is 12.4 Å². The fraction of sp³-hybridized carbons (Fsp3) is 0.533. The molecule has 0 amide bonds. The molecule has 0 saturated carbocycles. The minimum absolute atomic E-state index is 0.0815. The molecule has 20 heavy (non-hydrogen) atoms. The lowest BCUT2D eigenvalue weighted by Gasteiger charge is -2.26. The van der Waals surface area contributed by atoms with E-state index in [-0.39, 0.29) is 5.84 Å². The van der Waals surface area contributed by atoms with Gasteiger partial charge in [-0.1, -0.05) is 17.6 Å². The summed E-state index contributed by atoms with van der Waals surface area (Å²) in [5.41, 5.74) is 7.40. The molecule has 0 atom stereocenters. The Morgan fingerprint density at radius 1 is 1.35 bits per heavy atom. The van der Waals surface area contributed by atoms with E-state index in [0.29, 0.717) is 17.9 Å². The lowest BCUT2D eigenvalue weighted by Crippen LogP contribution is -2.33. The lowest BCUT2D eigenvalue weighted by atomic mass is 10.1. The molecule has 2 rings (SSSR count). The summed E-state index contributed by atoms with van der Waals surface area (Å²) in [6, 6.07) is 5.66. The second-order valence-electron chi connectivity index (χ2n) is 5.24. The van der Waals surface area contributed by atoms with E-state index in [1.165, 1.54) is 19.3 Å². The van der Waals surface area contributed by atoms with E-state index >= 15 is 0 Å². The number of rotatable bonds is 5. The SMILES string of the molecule is Cc1ccc(C(N)=NO)c(OCCN2CCCCC2)c1. The molecule has 0 unspecified atom stereocenters. The van der Waals surface area contributed by atoms with Gasteiger partial charge in [0.15, 0.2) is 5.84 Å². The van der Waals surface area contributed by atoms with Crippen molar-refractivity contribution in [2.24, 2.45) is 10.9 Å². The predicted molar refractivity (Wildman–Crippen MR) is 79.5 cm³/mol. The van der Waals surface area contributed by atoms with Crippen molar-refractivity contribution in [1.29, 1.82) is 0 Å². The maximum atomic E-state index is 8.81. The first-order valence-corrected chi connectivity index (χ1v) is 7.14. The standard InChI is InChI=1S/C15H23N3O2/c1-12-5-6-13(15(16)17-19)14(11-12)20-10-9-18-7-3-2-4-8-18/h5-6,11,19H,2-4,7-10H2,1H3,(H2,16,17). The zero-order valence-electron chi connectivity index (χ0n) is 12.0. The summed E-state index contributed by atoms with van der Waals surface area (Å²) in [5.74, 6) is 0.760. The van der Waals surface area contributed by atoms with Crippen LogP contribution in [0.1, 0.15) is 30.4 Å². The summed E-state index contributed by atoms with van der Waals surface area (Å²) < 4.78 is 5.83. The van der Waals surface area contributed by atoms with E-state index in [9.17, 15) is 0 Å². The summed E-state index contributed by atoms with van der Waals surface area (Å²) in [6.07, 6.45) is 3.89. The Kier molecular flexibility index (Phi) is 5.24. The van der Waals surface area contributed by atoms with Crippen molar-refractivity contribution < 1.29 is 9.94 Å². The monoisotopic (exact) mass is 277 g/mol. The first kappa shape index (κ1) is 14.7. The molecule has 0 spiro atoms. The Hall–Kier alpha value is -1.75. The van der Waals surface area contributed by atoms with E-state index < -0.39 is 0 Å². The van der Waals surface area contributed by atoms with Gasteiger partial charge in [-0.15, -0.1) is 0 Å². The molecule has 5 nitrogen and oxygen atoms in total. The molecule has 1 aliphatic heterocycles. The zero-order chi connectivity index (χ0) is 14.4. The number of ether oxygens (including phenoxy) is 1. The topological polar surface area (TPSA) is 71.1 Å². The number of oxime groups is 1. The summed E-state index contributed by atoms with van der Waals surface area (Å²) in [6.45, 7) is 5.85. The van der Waals surface area contributed by atoms with Gasteiger partial charge in [-0.25, -0.2) is 0 Å². The molecule has 1 heterocycles. The molecule has 3 N–H and O–H groups in total. The van der Waals surface area contributed by atoms with Crippen LogP contribution in [-0.4, -0.2) is 42.2 Å². The first-order valence-electron chi connectivity index (χ1n) is 7.14. The molecule has 0 bridgehead atoms. The number of hydrogen-bond donors (Lipinski definition) is 2. The minimum Gasteiger partial charge on any atom is -0.491 e. The second kappa shape index (κ2) is 7.14. The van der Waals surface area contributed by atoms with Crippen LogP contribution < -0.4 is 10.5 Å². The predicted octanol–water partition coefficient (Wildman–Crippen LogP) is 1.95. The van der Waals surface area contributed by atoms with Crippen LogP contribution in [0, 0.1) is 6.92 Å². The van der Waals surface area contributed by atoms with Crippen molar-refractivity contribution in [3.63, 3.8) is 0 Å². The van der Waals surface area contributed by atoms with Gasteiger partial charge in [0.05, 0.1) is 5.56 Å². The molecule has 1 aliphatic rings. The van der Waals surface area contributed by atoms with E-state index in [2.05, 4.69) is 10.1 Å². The number of nitrogens with two attached hydrogens (primary N) is 1. The van der Waals surface area contributed by atoms with Crippen molar-refractivity contribution in [3.8, 4) is 5.75 Å². The average molecular weight is 277 g/mol. The third kappa shape index (κ3) is 3.87. The molecular formula is C15H23N3O2. The number of benzene rings is 1. The summed E-state index contributed by atoms with van der Waals surface area (Å²) >= 11 is 0. The summed E-state index contributed by atoms with van der Waals surface area (Å²) in [7, 11) is 0. The highest BCUT2D eigenvalue weighted by Crippen LogP contribution is 2.20. The number of aryl methyl sites for hydroxylation is 1.